The number of rotatable bonds is 7. The number of hydrogen-bond acceptors (Lipinski definition) is 3. The first-order valence-electron chi connectivity index (χ1n) is 4.98. The lowest BCUT2D eigenvalue weighted by atomic mass is 10.4. The highest BCUT2D eigenvalue weighted by molar-refractivity contribution is 6.27. The molecule has 14 heavy (non-hydrogen) atoms. The largest absolute Gasteiger partial charge is 0.462 e. The summed E-state index contributed by atoms with van der Waals surface area (Å²) in [5.74, 6) is -0.295. The lowest BCUT2D eigenvalue weighted by molar-refractivity contribution is -0.138. The Hall–Kier alpha value is -0.613. The van der Waals surface area contributed by atoms with Gasteiger partial charge in [-0.3, -0.25) is 0 Å². The Balaban J connectivity index is 3.22. The van der Waals surface area contributed by atoms with Gasteiger partial charge in [-0.1, -0.05) is 6.58 Å². The molecule has 0 amide bonds. The molecule has 0 aliphatic rings. The van der Waals surface area contributed by atoms with Crippen molar-refractivity contribution in [1.29, 1.82) is 0 Å². The summed E-state index contributed by atoms with van der Waals surface area (Å²) in [4.78, 5) is 10.9. The Morgan fingerprint density at radius 1 is 1.50 bits per heavy atom. The van der Waals surface area contributed by atoms with Gasteiger partial charge in [0.15, 0.2) is 9.76 Å². The van der Waals surface area contributed by atoms with E-state index in [1.54, 1.807) is 6.92 Å². The van der Waals surface area contributed by atoms with Crippen LogP contribution in [-0.4, -0.2) is 28.4 Å². The van der Waals surface area contributed by atoms with Gasteiger partial charge in [0.25, 0.3) is 0 Å². The minimum absolute atomic E-state index is 0.295. The van der Waals surface area contributed by atoms with E-state index in [4.69, 9.17) is 9.16 Å². The van der Waals surface area contributed by atoms with Crippen molar-refractivity contribution in [1.82, 2.24) is 0 Å². The zero-order valence-corrected chi connectivity index (χ0v) is 10.8. The van der Waals surface area contributed by atoms with Crippen LogP contribution in [0.15, 0.2) is 12.2 Å². The molecule has 0 aromatic rings. The van der Waals surface area contributed by atoms with Crippen LogP contribution in [0, 0.1) is 0 Å². The van der Waals surface area contributed by atoms with Crippen LogP contribution in [0.1, 0.15) is 27.2 Å². The van der Waals surface area contributed by atoms with E-state index in [-0.39, 0.29) is 5.97 Å². The normalized spacial score (nSPS) is 11.1. The Labute approximate surface area is 88.4 Å². The summed E-state index contributed by atoms with van der Waals surface area (Å²) in [7, 11) is -0.414. The average molecular weight is 216 g/mol. The fourth-order valence-electron chi connectivity index (χ4n) is 0.811. The zero-order valence-electron chi connectivity index (χ0n) is 9.34. The zero-order chi connectivity index (χ0) is 11.0. The van der Waals surface area contributed by atoms with Crippen molar-refractivity contribution in [2.45, 2.75) is 39.3 Å². The van der Waals surface area contributed by atoms with E-state index in [9.17, 15) is 4.79 Å². The predicted octanol–water partition coefficient (Wildman–Crippen LogP) is 1.42. The fraction of sp³-hybridized carbons (Fsp3) is 0.700. The highest BCUT2D eigenvalue weighted by Gasteiger charge is 2.02. The molecule has 0 radical (unpaired) electrons. The van der Waals surface area contributed by atoms with E-state index in [2.05, 4.69) is 6.58 Å². The Morgan fingerprint density at radius 2 is 2.14 bits per heavy atom. The second-order valence-electron chi connectivity index (χ2n) is 3.54. The molecule has 0 aromatic heterocycles. The second kappa shape index (κ2) is 7.76. The quantitative estimate of drug-likeness (QED) is 0.279. The van der Waals surface area contributed by atoms with Crippen LogP contribution in [0.4, 0.5) is 0 Å². The first kappa shape index (κ1) is 13.4. The molecule has 0 rings (SSSR count). The van der Waals surface area contributed by atoms with E-state index >= 15 is 0 Å². The van der Waals surface area contributed by atoms with E-state index in [1.165, 1.54) is 0 Å². The molecule has 0 aromatic carbocycles. The van der Waals surface area contributed by atoms with Crippen molar-refractivity contribution in [2.75, 3.05) is 6.61 Å². The number of ether oxygens (including phenoxy) is 1. The lowest BCUT2D eigenvalue weighted by Gasteiger charge is -2.07. The fourth-order valence-corrected chi connectivity index (χ4v) is 1.86. The van der Waals surface area contributed by atoms with Gasteiger partial charge in [-0.25, -0.2) is 4.79 Å². The highest BCUT2D eigenvalue weighted by Crippen LogP contribution is 1.97. The Kier molecular flexibility index (Phi) is 7.42. The number of hydrogen-bond donors (Lipinski definition) is 0. The maximum Gasteiger partial charge on any atom is 0.333 e. The molecule has 0 unspecified atom stereocenters. The van der Waals surface area contributed by atoms with Gasteiger partial charge in [0.1, 0.15) is 0 Å². The smallest absolute Gasteiger partial charge is 0.333 e. The summed E-state index contributed by atoms with van der Waals surface area (Å²) in [6.07, 6.45) is 1.23. The second-order valence-corrected chi connectivity index (χ2v) is 4.99. The summed E-state index contributed by atoms with van der Waals surface area (Å²) >= 11 is 0. The Morgan fingerprint density at radius 3 is 2.64 bits per heavy atom. The number of carbonyl (C=O) groups excluding carboxylic acids is 1. The minimum atomic E-state index is -0.414. The van der Waals surface area contributed by atoms with Crippen molar-refractivity contribution in [2.24, 2.45) is 0 Å². The summed E-state index contributed by atoms with van der Waals surface area (Å²) in [5.41, 5.74) is 0.459. The summed E-state index contributed by atoms with van der Waals surface area (Å²) in [5, 5.41) is 0. The van der Waals surface area contributed by atoms with Crippen molar-refractivity contribution in [3.8, 4) is 0 Å². The number of carbonyl (C=O) groups is 1. The third kappa shape index (κ3) is 8.01. The molecule has 0 atom stereocenters. The molecule has 82 valence electrons. The standard InChI is InChI=1S/C10H20O3Si/c1-8(2)10(11)12-6-5-7-14-13-9(3)4/h9H,1,5-7,14H2,2-4H3. The van der Waals surface area contributed by atoms with Crippen LogP contribution in [0.25, 0.3) is 0 Å². The highest BCUT2D eigenvalue weighted by atomic mass is 28.2. The van der Waals surface area contributed by atoms with Gasteiger partial charge in [-0.2, -0.15) is 0 Å². The molecule has 0 fully saturated rings. The van der Waals surface area contributed by atoms with Gasteiger partial charge < -0.3 is 9.16 Å². The van der Waals surface area contributed by atoms with Crippen LogP contribution in [0.3, 0.4) is 0 Å². The van der Waals surface area contributed by atoms with E-state index < -0.39 is 9.76 Å². The van der Waals surface area contributed by atoms with Crippen LogP contribution in [-0.2, 0) is 14.0 Å². The SMILES string of the molecule is C=C(C)C(=O)OCCC[SiH2]OC(C)C. The molecule has 0 N–H and O–H groups in total. The number of esters is 1. The van der Waals surface area contributed by atoms with Gasteiger partial charge in [-0.15, -0.1) is 0 Å². The average Bonchev–Trinajstić information content (AvgIpc) is 2.09. The first-order chi connectivity index (χ1) is 6.54. The van der Waals surface area contributed by atoms with Gasteiger partial charge in [0, 0.05) is 11.7 Å². The van der Waals surface area contributed by atoms with Gasteiger partial charge in [0.05, 0.1) is 6.61 Å². The summed E-state index contributed by atoms with van der Waals surface area (Å²) in [6, 6.07) is 1.06. The summed E-state index contributed by atoms with van der Waals surface area (Å²) in [6.45, 7) is 9.71. The molecular formula is C10H20O3Si. The van der Waals surface area contributed by atoms with Crippen LogP contribution in [0.5, 0.6) is 0 Å². The van der Waals surface area contributed by atoms with Crippen molar-refractivity contribution in [3.63, 3.8) is 0 Å². The van der Waals surface area contributed by atoms with E-state index in [0.29, 0.717) is 18.3 Å². The van der Waals surface area contributed by atoms with Crippen molar-refractivity contribution in [3.05, 3.63) is 12.2 Å². The maximum absolute atomic E-state index is 10.9. The maximum atomic E-state index is 10.9. The molecule has 0 aliphatic carbocycles. The molecule has 0 saturated heterocycles. The molecule has 0 heterocycles. The monoisotopic (exact) mass is 216 g/mol. The molecule has 4 heteroatoms. The van der Waals surface area contributed by atoms with Crippen LogP contribution in [0.2, 0.25) is 6.04 Å². The molecule has 0 saturated carbocycles. The van der Waals surface area contributed by atoms with Crippen LogP contribution < -0.4 is 0 Å². The third-order valence-corrected chi connectivity index (χ3v) is 3.26. The first-order valence-corrected chi connectivity index (χ1v) is 6.56. The van der Waals surface area contributed by atoms with Crippen LogP contribution >= 0.6 is 0 Å². The van der Waals surface area contributed by atoms with Gasteiger partial charge >= 0.3 is 5.97 Å². The van der Waals surface area contributed by atoms with E-state index in [0.717, 1.165) is 12.5 Å². The Bertz CT molecular complexity index is 190. The van der Waals surface area contributed by atoms with E-state index in [1.807, 2.05) is 13.8 Å². The van der Waals surface area contributed by atoms with Crippen molar-refractivity contribution < 1.29 is 14.0 Å². The predicted molar refractivity (Wildman–Crippen MR) is 60.0 cm³/mol. The lowest BCUT2D eigenvalue weighted by Crippen LogP contribution is -2.09. The van der Waals surface area contributed by atoms with Gasteiger partial charge in [-0.05, 0) is 33.2 Å². The van der Waals surface area contributed by atoms with Gasteiger partial charge in [0.2, 0.25) is 0 Å². The topological polar surface area (TPSA) is 35.5 Å². The minimum Gasteiger partial charge on any atom is -0.462 e. The third-order valence-electron chi connectivity index (χ3n) is 1.57. The molecule has 0 bridgehead atoms. The van der Waals surface area contributed by atoms with Crippen molar-refractivity contribution >= 4 is 15.7 Å². The molecular weight excluding hydrogens is 196 g/mol. The molecule has 0 spiro atoms. The summed E-state index contributed by atoms with van der Waals surface area (Å²) < 4.78 is 10.4. The molecule has 0 aliphatic heterocycles. The molecule has 3 nitrogen and oxygen atoms in total.